The van der Waals surface area contributed by atoms with E-state index in [1.54, 1.807) is 19.0 Å². The minimum absolute atomic E-state index is 0.0710. The Labute approximate surface area is 103 Å². The topological polar surface area (TPSA) is 35.6 Å². The second-order valence-electron chi connectivity index (χ2n) is 4.54. The molecule has 0 fully saturated rings. The standard InChI is InChI=1S/C13H21N3O/c1-10(13(17)16(4)5)14-11-6-8-12(9-7-11)15(2)3/h6-10,14H,1-5H3. The Hall–Kier alpha value is -1.71. The summed E-state index contributed by atoms with van der Waals surface area (Å²) in [6.07, 6.45) is 0. The smallest absolute Gasteiger partial charge is 0.244 e. The molecule has 1 unspecified atom stereocenters. The Kier molecular flexibility index (Phi) is 4.37. The van der Waals surface area contributed by atoms with E-state index in [9.17, 15) is 4.79 Å². The first kappa shape index (κ1) is 13.4. The van der Waals surface area contributed by atoms with Gasteiger partial charge in [-0.05, 0) is 31.2 Å². The number of likely N-dealkylation sites (N-methyl/N-ethyl adjacent to an activating group) is 1. The fourth-order valence-electron chi connectivity index (χ4n) is 1.55. The van der Waals surface area contributed by atoms with Crippen LogP contribution in [-0.4, -0.2) is 45.0 Å². The number of anilines is 2. The number of nitrogens with zero attached hydrogens (tertiary/aromatic N) is 2. The van der Waals surface area contributed by atoms with Crippen LogP contribution < -0.4 is 10.2 Å². The first-order chi connectivity index (χ1) is 7.91. The molecule has 0 aliphatic heterocycles. The van der Waals surface area contributed by atoms with Gasteiger partial charge in [0.2, 0.25) is 5.91 Å². The van der Waals surface area contributed by atoms with Crippen molar-refractivity contribution in [3.8, 4) is 0 Å². The third-order valence-corrected chi connectivity index (χ3v) is 2.58. The molecule has 0 aromatic heterocycles. The molecular formula is C13H21N3O. The largest absolute Gasteiger partial charge is 0.378 e. The van der Waals surface area contributed by atoms with Crippen LogP contribution in [0.3, 0.4) is 0 Å². The van der Waals surface area contributed by atoms with Crippen LogP contribution in [0.15, 0.2) is 24.3 Å². The number of carbonyl (C=O) groups is 1. The van der Waals surface area contributed by atoms with Gasteiger partial charge in [0.05, 0.1) is 0 Å². The number of rotatable bonds is 4. The van der Waals surface area contributed by atoms with Crippen molar-refractivity contribution in [3.63, 3.8) is 0 Å². The molecule has 0 spiro atoms. The number of hydrogen-bond acceptors (Lipinski definition) is 3. The van der Waals surface area contributed by atoms with E-state index in [0.29, 0.717) is 0 Å². The molecule has 4 heteroatoms. The molecule has 0 aliphatic rings. The second kappa shape index (κ2) is 5.57. The van der Waals surface area contributed by atoms with Crippen LogP contribution >= 0.6 is 0 Å². The third kappa shape index (κ3) is 3.66. The molecule has 17 heavy (non-hydrogen) atoms. The Morgan fingerprint density at radius 1 is 1.12 bits per heavy atom. The highest BCUT2D eigenvalue weighted by Crippen LogP contribution is 2.16. The lowest BCUT2D eigenvalue weighted by atomic mass is 10.2. The number of hydrogen-bond donors (Lipinski definition) is 1. The molecule has 0 saturated carbocycles. The van der Waals surface area contributed by atoms with Gasteiger partial charge in [-0.2, -0.15) is 0 Å². The van der Waals surface area contributed by atoms with Gasteiger partial charge in [0.15, 0.2) is 0 Å². The second-order valence-corrected chi connectivity index (χ2v) is 4.54. The maximum Gasteiger partial charge on any atom is 0.244 e. The van der Waals surface area contributed by atoms with E-state index in [4.69, 9.17) is 0 Å². The van der Waals surface area contributed by atoms with Gasteiger partial charge in [0.25, 0.3) is 0 Å². The molecule has 0 bridgehead atoms. The van der Waals surface area contributed by atoms with Gasteiger partial charge in [-0.1, -0.05) is 0 Å². The summed E-state index contributed by atoms with van der Waals surface area (Å²) >= 11 is 0. The summed E-state index contributed by atoms with van der Waals surface area (Å²) in [6, 6.07) is 7.80. The third-order valence-electron chi connectivity index (χ3n) is 2.58. The molecule has 4 nitrogen and oxygen atoms in total. The van der Waals surface area contributed by atoms with Gasteiger partial charge in [0, 0.05) is 39.6 Å². The normalized spacial score (nSPS) is 11.8. The summed E-state index contributed by atoms with van der Waals surface area (Å²) in [4.78, 5) is 15.3. The Bertz CT molecular complexity index is 371. The zero-order valence-corrected chi connectivity index (χ0v) is 11.2. The van der Waals surface area contributed by atoms with Gasteiger partial charge >= 0.3 is 0 Å². The molecular weight excluding hydrogens is 214 g/mol. The van der Waals surface area contributed by atoms with E-state index in [-0.39, 0.29) is 11.9 Å². The maximum absolute atomic E-state index is 11.7. The van der Waals surface area contributed by atoms with E-state index in [1.165, 1.54) is 0 Å². The van der Waals surface area contributed by atoms with Crippen molar-refractivity contribution in [2.24, 2.45) is 0 Å². The number of amides is 1. The maximum atomic E-state index is 11.7. The van der Waals surface area contributed by atoms with Crippen LogP contribution in [0.4, 0.5) is 11.4 Å². The first-order valence-electron chi connectivity index (χ1n) is 5.67. The van der Waals surface area contributed by atoms with Crippen molar-refractivity contribution in [2.75, 3.05) is 38.4 Å². The monoisotopic (exact) mass is 235 g/mol. The predicted octanol–water partition coefficient (Wildman–Crippen LogP) is 1.64. The van der Waals surface area contributed by atoms with Crippen molar-refractivity contribution in [3.05, 3.63) is 24.3 Å². The van der Waals surface area contributed by atoms with Crippen molar-refractivity contribution in [2.45, 2.75) is 13.0 Å². The van der Waals surface area contributed by atoms with Gasteiger partial charge in [-0.25, -0.2) is 0 Å². The highest BCUT2D eigenvalue weighted by molar-refractivity contribution is 5.83. The molecule has 1 aromatic carbocycles. The lowest BCUT2D eigenvalue weighted by molar-refractivity contribution is -0.129. The van der Waals surface area contributed by atoms with Crippen LogP contribution in [-0.2, 0) is 4.79 Å². The van der Waals surface area contributed by atoms with Crippen LogP contribution in [0.2, 0.25) is 0 Å². The van der Waals surface area contributed by atoms with E-state index >= 15 is 0 Å². The molecule has 1 atom stereocenters. The quantitative estimate of drug-likeness (QED) is 0.861. The Morgan fingerprint density at radius 3 is 2.06 bits per heavy atom. The lowest BCUT2D eigenvalue weighted by Crippen LogP contribution is -2.36. The molecule has 1 N–H and O–H groups in total. The summed E-state index contributed by atoms with van der Waals surface area (Å²) in [6.45, 7) is 1.86. The number of benzene rings is 1. The zero-order valence-electron chi connectivity index (χ0n) is 11.2. The molecule has 0 radical (unpaired) electrons. The fourth-order valence-corrected chi connectivity index (χ4v) is 1.55. The van der Waals surface area contributed by atoms with Crippen molar-refractivity contribution >= 4 is 17.3 Å². The van der Waals surface area contributed by atoms with Crippen molar-refractivity contribution < 1.29 is 4.79 Å². The molecule has 94 valence electrons. The summed E-state index contributed by atoms with van der Waals surface area (Å²) < 4.78 is 0. The molecule has 1 aromatic rings. The van der Waals surface area contributed by atoms with Gasteiger partial charge in [-0.15, -0.1) is 0 Å². The van der Waals surface area contributed by atoms with Gasteiger partial charge < -0.3 is 15.1 Å². The highest BCUT2D eigenvalue weighted by atomic mass is 16.2. The molecule has 0 saturated heterocycles. The summed E-state index contributed by atoms with van der Waals surface area (Å²) in [5.74, 6) is 0.0710. The van der Waals surface area contributed by atoms with Gasteiger partial charge in [-0.3, -0.25) is 4.79 Å². The van der Waals surface area contributed by atoms with E-state index < -0.39 is 0 Å². The Morgan fingerprint density at radius 2 is 1.65 bits per heavy atom. The molecule has 1 rings (SSSR count). The van der Waals surface area contributed by atoms with Crippen LogP contribution in [0.25, 0.3) is 0 Å². The Balaban J connectivity index is 2.66. The summed E-state index contributed by atoms with van der Waals surface area (Å²) in [5.41, 5.74) is 2.10. The fraction of sp³-hybridized carbons (Fsp3) is 0.462. The number of nitrogens with one attached hydrogen (secondary N) is 1. The lowest BCUT2D eigenvalue weighted by Gasteiger charge is -2.19. The predicted molar refractivity (Wildman–Crippen MR) is 72.5 cm³/mol. The molecule has 0 aliphatic carbocycles. The average Bonchev–Trinajstić information content (AvgIpc) is 2.28. The minimum atomic E-state index is -0.213. The number of carbonyl (C=O) groups excluding carboxylic acids is 1. The van der Waals surface area contributed by atoms with Crippen LogP contribution in [0, 0.1) is 0 Å². The SMILES string of the molecule is CC(Nc1ccc(N(C)C)cc1)C(=O)N(C)C. The van der Waals surface area contributed by atoms with E-state index in [1.807, 2.05) is 50.2 Å². The molecule has 0 heterocycles. The highest BCUT2D eigenvalue weighted by Gasteiger charge is 2.13. The summed E-state index contributed by atoms with van der Waals surface area (Å²) in [7, 11) is 7.52. The van der Waals surface area contributed by atoms with Crippen molar-refractivity contribution in [1.29, 1.82) is 0 Å². The van der Waals surface area contributed by atoms with Crippen molar-refractivity contribution in [1.82, 2.24) is 4.90 Å². The van der Waals surface area contributed by atoms with Gasteiger partial charge in [0.1, 0.15) is 6.04 Å². The summed E-state index contributed by atoms with van der Waals surface area (Å²) in [5, 5.41) is 3.18. The first-order valence-corrected chi connectivity index (χ1v) is 5.67. The zero-order chi connectivity index (χ0) is 13.0. The van der Waals surface area contributed by atoms with E-state index in [0.717, 1.165) is 11.4 Å². The molecule has 1 amide bonds. The van der Waals surface area contributed by atoms with Crippen LogP contribution in [0.1, 0.15) is 6.92 Å². The van der Waals surface area contributed by atoms with Crippen LogP contribution in [0.5, 0.6) is 0 Å². The minimum Gasteiger partial charge on any atom is -0.378 e. The van der Waals surface area contributed by atoms with E-state index in [2.05, 4.69) is 5.32 Å². The average molecular weight is 235 g/mol.